The van der Waals surface area contributed by atoms with Crippen LogP contribution in [0, 0.1) is 17.3 Å². The molecule has 3 unspecified atom stereocenters. The molecule has 1 spiro atoms. The first-order valence-electron chi connectivity index (χ1n) is 6.97. The molecule has 1 N–H and O–H groups in total. The molecule has 0 radical (unpaired) electrons. The van der Waals surface area contributed by atoms with E-state index in [1.54, 1.807) is 0 Å². The fourth-order valence-corrected chi connectivity index (χ4v) is 3.88. The van der Waals surface area contributed by atoms with Crippen LogP contribution in [0.25, 0.3) is 0 Å². The van der Waals surface area contributed by atoms with E-state index >= 15 is 0 Å². The molecule has 0 bridgehead atoms. The monoisotopic (exact) mass is 209 g/mol. The van der Waals surface area contributed by atoms with Crippen LogP contribution in [0.4, 0.5) is 0 Å². The normalized spacial score (nSPS) is 42.8. The fraction of sp³-hybridized carbons (Fsp3) is 1.00. The van der Waals surface area contributed by atoms with E-state index in [0.717, 1.165) is 17.3 Å². The summed E-state index contributed by atoms with van der Waals surface area (Å²) in [6.07, 6.45) is 10.3. The van der Waals surface area contributed by atoms with E-state index in [2.05, 4.69) is 19.2 Å². The highest BCUT2D eigenvalue weighted by Crippen LogP contribution is 2.47. The van der Waals surface area contributed by atoms with Crippen molar-refractivity contribution in [3.63, 3.8) is 0 Å². The SMILES string of the molecule is CCC1CNCCC12CCCC(C)CC2. The van der Waals surface area contributed by atoms with Crippen molar-refractivity contribution in [3.05, 3.63) is 0 Å². The molecule has 88 valence electrons. The van der Waals surface area contributed by atoms with Crippen LogP contribution in [0.3, 0.4) is 0 Å². The second-order valence-electron chi connectivity index (χ2n) is 5.96. The molecule has 1 heterocycles. The van der Waals surface area contributed by atoms with Crippen LogP contribution in [0.2, 0.25) is 0 Å². The zero-order valence-corrected chi connectivity index (χ0v) is 10.5. The highest BCUT2D eigenvalue weighted by Gasteiger charge is 2.40. The van der Waals surface area contributed by atoms with E-state index in [1.807, 2.05) is 0 Å². The molecule has 1 nitrogen and oxygen atoms in total. The quantitative estimate of drug-likeness (QED) is 0.696. The lowest BCUT2D eigenvalue weighted by Gasteiger charge is -2.44. The van der Waals surface area contributed by atoms with E-state index in [1.165, 1.54) is 58.0 Å². The molecule has 3 atom stereocenters. The molecular formula is C14H27N. The molecule has 1 saturated heterocycles. The summed E-state index contributed by atoms with van der Waals surface area (Å²) in [5.74, 6) is 1.94. The van der Waals surface area contributed by atoms with E-state index in [9.17, 15) is 0 Å². The summed E-state index contributed by atoms with van der Waals surface area (Å²) in [5, 5.41) is 3.59. The van der Waals surface area contributed by atoms with Gasteiger partial charge >= 0.3 is 0 Å². The average molecular weight is 209 g/mol. The zero-order valence-electron chi connectivity index (χ0n) is 10.5. The molecule has 0 aromatic heterocycles. The second kappa shape index (κ2) is 4.86. The number of hydrogen-bond acceptors (Lipinski definition) is 1. The van der Waals surface area contributed by atoms with Gasteiger partial charge in [0.15, 0.2) is 0 Å². The maximum atomic E-state index is 3.59. The summed E-state index contributed by atoms with van der Waals surface area (Å²) in [7, 11) is 0. The van der Waals surface area contributed by atoms with Crippen molar-refractivity contribution >= 4 is 0 Å². The summed E-state index contributed by atoms with van der Waals surface area (Å²) >= 11 is 0. The Balaban J connectivity index is 2.07. The van der Waals surface area contributed by atoms with Crippen molar-refractivity contribution in [2.24, 2.45) is 17.3 Å². The maximum absolute atomic E-state index is 3.59. The Morgan fingerprint density at radius 3 is 2.87 bits per heavy atom. The summed E-state index contributed by atoms with van der Waals surface area (Å²) in [6.45, 7) is 7.38. The summed E-state index contributed by atoms with van der Waals surface area (Å²) in [5.41, 5.74) is 0.727. The Kier molecular flexibility index (Phi) is 3.71. The average Bonchev–Trinajstić information content (AvgIpc) is 2.43. The highest BCUT2D eigenvalue weighted by atomic mass is 14.9. The third-order valence-corrected chi connectivity index (χ3v) is 5.06. The van der Waals surface area contributed by atoms with Crippen molar-refractivity contribution in [2.45, 2.75) is 58.8 Å². The number of piperidine rings is 1. The Morgan fingerprint density at radius 2 is 2.07 bits per heavy atom. The van der Waals surface area contributed by atoms with E-state index in [4.69, 9.17) is 0 Å². The van der Waals surface area contributed by atoms with Gasteiger partial charge in [0.1, 0.15) is 0 Å². The first-order valence-corrected chi connectivity index (χ1v) is 6.97. The van der Waals surface area contributed by atoms with Gasteiger partial charge in [0.2, 0.25) is 0 Å². The smallest absolute Gasteiger partial charge is 0.00153 e. The largest absolute Gasteiger partial charge is 0.316 e. The minimum absolute atomic E-state index is 0.727. The van der Waals surface area contributed by atoms with Gasteiger partial charge < -0.3 is 5.32 Å². The number of hydrogen-bond donors (Lipinski definition) is 1. The molecule has 1 aliphatic heterocycles. The van der Waals surface area contributed by atoms with Crippen molar-refractivity contribution < 1.29 is 0 Å². The van der Waals surface area contributed by atoms with E-state index < -0.39 is 0 Å². The van der Waals surface area contributed by atoms with Crippen molar-refractivity contribution in [3.8, 4) is 0 Å². The Hall–Kier alpha value is -0.0400. The summed E-state index contributed by atoms with van der Waals surface area (Å²) in [6, 6.07) is 0. The Labute approximate surface area is 95.0 Å². The van der Waals surface area contributed by atoms with Crippen LogP contribution in [-0.2, 0) is 0 Å². The van der Waals surface area contributed by atoms with Gasteiger partial charge in [-0.15, -0.1) is 0 Å². The lowest BCUT2D eigenvalue weighted by Crippen LogP contribution is -2.44. The first-order chi connectivity index (χ1) is 7.27. The standard InChI is InChI=1S/C14H27N/c1-3-13-11-15-10-9-14(13)7-4-5-12(2)6-8-14/h12-13,15H,3-11H2,1-2H3. The van der Waals surface area contributed by atoms with Gasteiger partial charge in [-0.3, -0.25) is 0 Å². The predicted octanol–water partition coefficient (Wildman–Crippen LogP) is 3.59. The topological polar surface area (TPSA) is 12.0 Å². The van der Waals surface area contributed by atoms with Crippen LogP contribution in [0.1, 0.15) is 58.8 Å². The highest BCUT2D eigenvalue weighted by molar-refractivity contribution is 4.92. The molecule has 0 aromatic rings. The summed E-state index contributed by atoms with van der Waals surface area (Å²) < 4.78 is 0. The lowest BCUT2D eigenvalue weighted by molar-refractivity contribution is 0.0822. The molecule has 15 heavy (non-hydrogen) atoms. The van der Waals surface area contributed by atoms with Gasteiger partial charge in [-0.1, -0.05) is 39.5 Å². The molecule has 1 saturated carbocycles. The van der Waals surface area contributed by atoms with E-state index in [0.29, 0.717) is 0 Å². The van der Waals surface area contributed by atoms with Gasteiger partial charge in [0.25, 0.3) is 0 Å². The molecular weight excluding hydrogens is 182 g/mol. The van der Waals surface area contributed by atoms with Crippen LogP contribution in [0.5, 0.6) is 0 Å². The fourth-order valence-electron chi connectivity index (χ4n) is 3.88. The van der Waals surface area contributed by atoms with Crippen LogP contribution < -0.4 is 5.32 Å². The Bertz CT molecular complexity index is 202. The molecule has 2 aliphatic rings. The third-order valence-electron chi connectivity index (χ3n) is 5.06. The van der Waals surface area contributed by atoms with Gasteiger partial charge in [0, 0.05) is 0 Å². The van der Waals surface area contributed by atoms with E-state index in [-0.39, 0.29) is 0 Å². The van der Waals surface area contributed by atoms with Gasteiger partial charge in [-0.2, -0.15) is 0 Å². The Morgan fingerprint density at radius 1 is 1.20 bits per heavy atom. The minimum atomic E-state index is 0.727. The predicted molar refractivity (Wildman–Crippen MR) is 65.9 cm³/mol. The molecule has 1 aliphatic carbocycles. The van der Waals surface area contributed by atoms with Crippen molar-refractivity contribution in [1.29, 1.82) is 0 Å². The van der Waals surface area contributed by atoms with Gasteiger partial charge in [-0.05, 0) is 49.6 Å². The van der Waals surface area contributed by atoms with Gasteiger partial charge in [-0.25, -0.2) is 0 Å². The minimum Gasteiger partial charge on any atom is -0.316 e. The second-order valence-corrected chi connectivity index (χ2v) is 5.96. The maximum Gasteiger partial charge on any atom is -0.00153 e. The third kappa shape index (κ3) is 2.38. The number of nitrogens with one attached hydrogen (secondary N) is 1. The molecule has 0 amide bonds. The van der Waals surface area contributed by atoms with Gasteiger partial charge in [0.05, 0.1) is 0 Å². The lowest BCUT2D eigenvalue weighted by atomic mass is 9.65. The van der Waals surface area contributed by atoms with Crippen LogP contribution >= 0.6 is 0 Å². The molecule has 1 heteroatoms. The van der Waals surface area contributed by atoms with Crippen molar-refractivity contribution in [1.82, 2.24) is 5.32 Å². The van der Waals surface area contributed by atoms with Crippen molar-refractivity contribution in [2.75, 3.05) is 13.1 Å². The molecule has 2 fully saturated rings. The zero-order chi connectivity index (χ0) is 10.7. The van der Waals surface area contributed by atoms with Crippen LogP contribution in [-0.4, -0.2) is 13.1 Å². The number of rotatable bonds is 1. The first kappa shape index (κ1) is 11.4. The molecule has 0 aromatic carbocycles. The van der Waals surface area contributed by atoms with Crippen LogP contribution in [0.15, 0.2) is 0 Å². The summed E-state index contributed by atoms with van der Waals surface area (Å²) in [4.78, 5) is 0. The molecule has 2 rings (SSSR count).